The highest BCUT2D eigenvalue weighted by Gasteiger charge is 2.50. The number of carboxylic acid groups (broad SMARTS) is 1. The normalized spacial score (nSPS) is 20.7. The van der Waals surface area contributed by atoms with Gasteiger partial charge in [0.05, 0.1) is 6.67 Å². The van der Waals surface area contributed by atoms with Crippen molar-refractivity contribution in [2.24, 2.45) is 0 Å². The van der Waals surface area contributed by atoms with Gasteiger partial charge < -0.3 is 20.2 Å². The summed E-state index contributed by atoms with van der Waals surface area (Å²) in [5.41, 5.74) is 0.0302. The molecule has 2 heterocycles. The number of amides is 2. The number of anilines is 1. The van der Waals surface area contributed by atoms with Crippen LogP contribution >= 0.6 is 0 Å². The average molecular weight is 293 g/mol. The van der Waals surface area contributed by atoms with E-state index in [1.165, 1.54) is 17.0 Å². The maximum atomic E-state index is 13.1. The van der Waals surface area contributed by atoms with Gasteiger partial charge in [-0.3, -0.25) is 4.79 Å². The van der Waals surface area contributed by atoms with Crippen LogP contribution in [-0.2, 0) is 4.79 Å². The molecule has 2 saturated heterocycles. The number of piperidine rings is 1. The first-order valence-electron chi connectivity index (χ1n) is 6.82. The second kappa shape index (κ2) is 4.91. The summed E-state index contributed by atoms with van der Waals surface area (Å²) in [6.45, 7) is 0.998. The van der Waals surface area contributed by atoms with Crippen LogP contribution in [0.3, 0.4) is 0 Å². The van der Waals surface area contributed by atoms with E-state index >= 15 is 0 Å². The third-order valence-corrected chi connectivity index (χ3v) is 4.34. The molecule has 21 heavy (non-hydrogen) atoms. The first kappa shape index (κ1) is 13.7. The van der Waals surface area contributed by atoms with Crippen LogP contribution in [0.5, 0.6) is 0 Å². The van der Waals surface area contributed by atoms with Crippen molar-refractivity contribution in [2.45, 2.75) is 18.4 Å². The Hall–Kier alpha value is -2.31. The van der Waals surface area contributed by atoms with E-state index in [0.717, 1.165) is 5.69 Å². The number of carbonyl (C=O) groups excluding carboxylic acids is 1. The van der Waals surface area contributed by atoms with Gasteiger partial charge >= 0.3 is 6.09 Å². The lowest BCUT2D eigenvalue weighted by Gasteiger charge is -2.42. The standard InChI is InChI=1S/C14H16FN3O3/c15-10-1-3-11(4-2-10)18-9-16-12(19)14(18)5-7-17(8-6-14)13(20)21/h1-4H,5-9H2,(H,16,19)(H,20,21). The molecule has 0 atom stereocenters. The van der Waals surface area contributed by atoms with E-state index in [4.69, 9.17) is 5.11 Å². The number of hydrogen-bond acceptors (Lipinski definition) is 3. The Kier molecular flexibility index (Phi) is 3.19. The second-order valence-corrected chi connectivity index (χ2v) is 5.37. The monoisotopic (exact) mass is 293 g/mol. The zero-order valence-corrected chi connectivity index (χ0v) is 11.4. The molecule has 3 rings (SSSR count). The van der Waals surface area contributed by atoms with Crippen LogP contribution in [0.2, 0.25) is 0 Å². The Bertz CT molecular complexity index is 567. The van der Waals surface area contributed by atoms with Gasteiger partial charge in [-0.25, -0.2) is 9.18 Å². The van der Waals surface area contributed by atoms with E-state index in [9.17, 15) is 14.0 Å². The van der Waals surface area contributed by atoms with Gasteiger partial charge in [0, 0.05) is 18.8 Å². The Balaban J connectivity index is 1.86. The summed E-state index contributed by atoms with van der Waals surface area (Å²) in [6.07, 6.45) is -0.0954. The molecular weight excluding hydrogens is 277 g/mol. The molecule has 112 valence electrons. The molecule has 0 aliphatic carbocycles. The first-order valence-corrected chi connectivity index (χ1v) is 6.82. The highest BCUT2D eigenvalue weighted by molar-refractivity contribution is 5.93. The summed E-state index contributed by atoms with van der Waals surface area (Å²) in [6, 6.07) is 6.00. The molecule has 1 aromatic rings. The molecule has 1 spiro atoms. The summed E-state index contributed by atoms with van der Waals surface area (Å²) < 4.78 is 13.1. The van der Waals surface area contributed by atoms with E-state index in [1.54, 1.807) is 12.1 Å². The van der Waals surface area contributed by atoms with Crippen LogP contribution in [0.25, 0.3) is 0 Å². The van der Waals surface area contributed by atoms with E-state index in [2.05, 4.69) is 5.32 Å². The van der Waals surface area contributed by atoms with Crippen LogP contribution in [-0.4, -0.2) is 47.3 Å². The fourth-order valence-corrected chi connectivity index (χ4v) is 3.11. The predicted molar refractivity (Wildman–Crippen MR) is 73.5 cm³/mol. The lowest BCUT2D eigenvalue weighted by Crippen LogP contribution is -2.57. The quantitative estimate of drug-likeness (QED) is 0.817. The summed E-state index contributed by atoms with van der Waals surface area (Å²) in [5.74, 6) is -0.413. The second-order valence-electron chi connectivity index (χ2n) is 5.37. The minimum atomic E-state index is -0.961. The molecule has 6 nitrogen and oxygen atoms in total. The molecule has 0 unspecified atom stereocenters. The van der Waals surface area contributed by atoms with Crippen molar-refractivity contribution in [3.05, 3.63) is 30.1 Å². The molecule has 2 N–H and O–H groups in total. The minimum absolute atomic E-state index is 0.0862. The minimum Gasteiger partial charge on any atom is -0.465 e. The van der Waals surface area contributed by atoms with Gasteiger partial charge in [-0.15, -0.1) is 0 Å². The molecule has 0 bridgehead atoms. The van der Waals surface area contributed by atoms with Gasteiger partial charge in [-0.05, 0) is 37.1 Å². The fourth-order valence-electron chi connectivity index (χ4n) is 3.11. The van der Waals surface area contributed by atoms with Gasteiger partial charge in [0.2, 0.25) is 5.91 Å². The number of hydrogen-bond donors (Lipinski definition) is 2. The van der Waals surface area contributed by atoms with Crippen molar-refractivity contribution in [2.75, 3.05) is 24.7 Å². The average Bonchev–Trinajstić information content (AvgIpc) is 2.78. The van der Waals surface area contributed by atoms with Crippen molar-refractivity contribution in [1.82, 2.24) is 10.2 Å². The Labute approximate surface area is 121 Å². The lowest BCUT2D eigenvalue weighted by molar-refractivity contribution is -0.125. The number of likely N-dealkylation sites (tertiary alicyclic amines) is 1. The molecule has 2 amide bonds. The SMILES string of the molecule is O=C(O)N1CCC2(CC1)C(=O)NCN2c1ccc(F)cc1. The van der Waals surface area contributed by atoms with Gasteiger partial charge in [0.15, 0.2) is 0 Å². The van der Waals surface area contributed by atoms with Gasteiger partial charge in [-0.2, -0.15) is 0 Å². The third kappa shape index (κ3) is 2.18. The van der Waals surface area contributed by atoms with Crippen molar-refractivity contribution in [3.8, 4) is 0 Å². The van der Waals surface area contributed by atoms with E-state index in [-0.39, 0.29) is 11.7 Å². The van der Waals surface area contributed by atoms with Crippen molar-refractivity contribution in [1.29, 1.82) is 0 Å². The molecule has 0 radical (unpaired) electrons. The zero-order valence-electron chi connectivity index (χ0n) is 11.4. The zero-order chi connectivity index (χ0) is 15.0. The molecule has 0 aromatic heterocycles. The van der Waals surface area contributed by atoms with E-state index < -0.39 is 11.6 Å². The largest absolute Gasteiger partial charge is 0.465 e. The number of nitrogens with zero attached hydrogens (tertiary/aromatic N) is 2. The maximum absolute atomic E-state index is 13.1. The Morgan fingerprint density at radius 2 is 1.86 bits per heavy atom. The summed E-state index contributed by atoms with van der Waals surface area (Å²) in [5, 5.41) is 11.8. The summed E-state index contributed by atoms with van der Waals surface area (Å²) in [4.78, 5) is 26.5. The predicted octanol–water partition coefficient (Wildman–Crippen LogP) is 1.23. The fraction of sp³-hybridized carbons (Fsp3) is 0.429. The van der Waals surface area contributed by atoms with E-state index in [1.807, 2.05) is 4.90 Å². The number of rotatable bonds is 1. The first-order chi connectivity index (χ1) is 10.0. The van der Waals surface area contributed by atoms with Crippen LogP contribution in [0, 0.1) is 5.82 Å². The number of halogens is 1. The molecule has 2 aliphatic rings. The van der Waals surface area contributed by atoms with Gasteiger partial charge in [0.1, 0.15) is 11.4 Å². The van der Waals surface area contributed by atoms with Crippen LogP contribution in [0.1, 0.15) is 12.8 Å². The van der Waals surface area contributed by atoms with Crippen molar-refractivity contribution < 1.29 is 19.1 Å². The van der Waals surface area contributed by atoms with E-state index in [0.29, 0.717) is 32.6 Å². The maximum Gasteiger partial charge on any atom is 0.407 e. The highest BCUT2D eigenvalue weighted by atomic mass is 19.1. The van der Waals surface area contributed by atoms with Crippen molar-refractivity contribution >= 4 is 17.7 Å². The number of carbonyl (C=O) groups is 2. The Morgan fingerprint density at radius 1 is 1.24 bits per heavy atom. The molecular formula is C14H16FN3O3. The molecule has 0 saturated carbocycles. The Morgan fingerprint density at radius 3 is 2.43 bits per heavy atom. The van der Waals surface area contributed by atoms with Crippen molar-refractivity contribution in [3.63, 3.8) is 0 Å². The van der Waals surface area contributed by atoms with Gasteiger partial charge in [0.25, 0.3) is 0 Å². The molecule has 7 heteroatoms. The number of nitrogens with one attached hydrogen (secondary N) is 1. The van der Waals surface area contributed by atoms with Crippen LogP contribution in [0.4, 0.5) is 14.9 Å². The lowest BCUT2D eigenvalue weighted by atomic mass is 9.86. The third-order valence-electron chi connectivity index (χ3n) is 4.34. The molecule has 2 aliphatic heterocycles. The number of benzene rings is 1. The summed E-state index contributed by atoms with van der Waals surface area (Å²) in [7, 11) is 0. The van der Waals surface area contributed by atoms with Crippen LogP contribution < -0.4 is 10.2 Å². The topological polar surface area (TPSA) is 72.9 Å². The molecule has 2 fully saturated rings. The molecule has 1 aromatic carbocycles. The van der Waals surface area contributed by atoms with Gasteiger partial charge in [-0.1, -0.05) is 0 Å². The highest BCUT2D eigenvalue weighted by Crippen LogP contribution is 2.36. The van der Waals surface area contributed by atoms with Crippen LogP contribution in [0.15, 0.2) is 24.3 Å². The summed E-state index contributed by atoms with van der Waals surface area (Å²) >= 11 is 0. The smallest absolute Gasteiger partial charge is 0.407 e.